The first kappa shape index (κ1) is 22.4. The summed E-state index contributed by atoms with van der Waals surface area (Å²) >= 11 is 6.36. The van der Waals surface area contributed by atoms with Gasteiger partial charge < -0.3 is 5.32 Å². The van der Waals surface area contributed by atoms with Crippen molar-refractivity contribution in [1.29, 1.82) is 0 Å². The molecule has 0 bridgehead atoms. The van der Waals surface area contributed by atoms with E-state index in [2.05, 4.69) is 14.9 Å². The number of hydrogen-bond acceptors (Lipinski definition) is 4. The van der Waals surface area contributed by atoms with Crippen LogP contribution >= 0.6 is 11.6 Å². The number of amides is 1. The first-order chi connectivity index (χ1) is 13.3. The molecule has 2 rings (SSSR count). The Morgan fingerprint density at radius 3 is 2.21 bits per heavy atom. The number of carbonyl (C=O) groups is 1. The molecule has 0 fully saturated rings. The van der Waals surface area contributed by atoms with E-state index in [4.69, 9.17) is 11.6 Å². The molecule has 2 N–H and O–H groups in total. The van der Waals surface area contributed by atoms with Gasteiger partial charge >= 0.3 is 0 Å². The minimum Gasteiger partial charge on any atom is -0.326 e. The van der Waals surface area contributed by atoms with E-state index in [-0.39, 0.29) is 23.4 Å². The number of halogens is 1. The van der Waals surface area contributed by atoms with Crippen LogP contribution in [0.3, 0.4) is 0 Å². The van der Waals surface area contributed by atoms with Gasteiger partial charge in [0.1, 0.15) is 0 Å². The molecule has 0 saturated carbocycles. The number of nitrogens with one attached hydrogen (secondary N) is 2. The highest BCUT2D eigenvalue weighted by Crippen LogP contribution is 2.27. The summed E-state index contributed by atoms with van der Waals surface area (Å²) in [5.41, 5.74) is 1.43. The Kier molecular flexibility index (Phi) is 8.00. The van der Waals surface area contributed by atoms with Crippen LogP contribution in [0.25, 0.3) is 0 Å². The maximum absolute atomic E-state index is 12.7. The summed E-state index contributed by atoms with van der Waals surface area (Å²) in [5.74, 6) is -0.212. The van der Waals surface area contributed by atoms with Crippen LogP contribution in [0.4, 0.5) is 5.69 Å². The van der Waals surface area contributed by atoms with E-state index in [1.54, 1.807) is 12.1 Å². The summed E-state index contributed by atoms with van der Waals surface area (Å²) in [4.78, 5) is 13.4. The minimum absolute atomic E-state index is 0.138. The SMILES string of the molecule is CCN(CC)[C@H](CNS(=O)(=O)c1ccc(NC(C)=O)cc1)c1ccccc1Cl. The van der Waals surface area contributed by atoms with E-state index in [0.717, 1.165) is 18.7 Å². The van der Waals surface area contributed by atoms with Crippen molar-refractivity contribution in [2.75, 3.05) is 25.0 Å². The van der Waals surface area contributed by atoms with Crippen molar-refractivity contribution in [2.45, 2.75) is 31.7 Å². The van der Waals surface area contributed by atoms with Gasteiger partial charge in [-0.2, -0.15) is 0 Å². The lowest BCUT2D eigenvalue weighted by atomic mass is 10.1. The molecule has 152 valence electrons. The van der Waals surface area contributed by atoms with E-state index >= 15 is 0 Å². The molecule has 0 aliphatic carbocycles. The van der Waals surface area contributed by atoms with Crippen LogP contribution < -0.4 is 10.0 Å². The Bertz CT molecular complexity index is 897. The van der Waals surface area contributed by atoms with Crippen LogP contribution in [0.5, 0.6) is 0 Å². The molecular weight excluding hydrogens is 398 g/mol. The molecule has 0 aliphatic heterocycles. The van der Waals surface area contributed by atoms with Crippen molar-refractivity contribution in [3.63, 3.8) is 0 Å². The monoisotopic (exact) mass is 423 g/mol. The summed E-state index contributed by atoms with van der Waals surface area (Å²) in [5, 5.41) is 3.23. The maximum atomic E-state index is 12.7. The third-order valence-electron chi connectivity index (χ3n) is 4.47. The third kappa shape index (κ3) is 5.78. The lowest BCUT2D eigenvalue weighted by Crippen LogP contribution is -2.38. The fourth-order valence-corrected chi connectivity index (χ4v) is 4.34. The zero-order valence-electron chi connectivity index (χ0n) is 16.3. The molecule has 6 nitrogen and oxygen atoms in total. The fraction of sp³-hybridized carbons (Fsp3) is 0.350. The van der Waals surface area contributed by atoms with Crippen LogP contribution in [0.15, 0.2) is 53.4 Å². The Hall–Kier alpha value is -1.93. The number of rotatable bonds is 9. The third-order valence-corrected chi connectivity index (χ3v) is 6.25. The first-order valence-electron chi connectivity index (χ1n) is 9.14. The number of nitrogens with zero attached hydrogens (tertiary/aromatic N) is 1. The molecule has 0 heterocycles. The Balaban J connectivity index is 2.21. The van der Waals surface area contributed by atoms with Crippen LogP contribution in [0.1, 0.15) is 32.4 Å². The first-order valence-corrected chi connectivity index (χ1v) is 11.0. The molecular formula is C20H26ClN3O3S. The highest BCUT2D eigenvalue weighted by molar-refractivity contribution is 7.89. The topological polar surface area (TPSA) is 78.5 Å². The standard InChI is InChI=1S/C20H26ClN3O3S/c1-4-24(5-2)20(18-8-6-7-9-19(18)21)14-22-28(26,27)17-12-10-16(11-13-17)23-15(3)25/h6-13,20,22H,4-5,14H2,1-3H3,(H,23,25)/t20-/m1/s1. The van der Waals surface area contributed by atoms with Crippen molar-refractivity contribution in [1.82, 2.24) is 9.62 Å². The van der Waals surface area contributed by atoms with Gasteiger partial charge in [0.15, 0.2) is 0 Å². The molecule has 1 atom stereocenters. The molecule has 2 aromatic carbocycles. The predicted octanol–water partition coefficient (Wildman–Crippen LogP) is 3.66. The smallest absolute Gasteiger partial charge is 0.240 e. The van der Waals surface area contributed by atoms with Gasteiger partial charge in [-0.05, 0) is 49.0 Å². The molecule has 8 heteroatoms. The van der Waals surface area contributed by atoms with E-state index in [1.165, 1.54) is 19.1 Å². The van der Waals surface area contributed by atoms with Crippen LogP contribution in [0, 0.1) is 0 Å². The molecule has 0 unspecified atom stereocenters. The van der Waals surface area contributed by atoms with E-state index < -0.39 is 10.0 Å². The molecule has 2 aromatic rings. The highest BCUT2D eigenvalue weighted by Gasteiger charge is 2.23. The normalized spacial score (nSPS) is 12.8. The van der Waals surface area contributed by atoms with E-state index in [9.17, 15) is 13.2 Å². The number of carbonyl (C=O) groups excluding carboxylic acids is 1. The predicted molar refractivity (Wildman–Crippen MR) is 113 cm³/mol. The zero-order chi connectivity index (χ0) is 20.7. The molecule has 28 heavy (non-hydrogen) atoms. The second-order valence-electron chi connectivity index (χ2n) is 6.32. The summed E-state index contributed by atoms with van der Waals surface area (Å²) in [6, 6.07) is 13.4. The van der Waals surface area contributed by atoms with Crippen molar-refractivity contribution >= 4 is 33.2 Å². The number of hydrogen-bond donors (Lipinski definition) is 2. The van der Waals surface area contributed by atoms with Gasteiger partial charge in [-0.1, -0.05) is 43.6 Å². The quantitative estimate of drug-likeness (QED) is 0.645. The van der Waals surface area contributed by atoms with Crippen LogP contribution in [-0.2, 0) is 14.8 Å². The van der Waals surface area contributed by atoms with Gasteiger partial charge in [0.05, 0.1) is 4.90 Å². The van der Waals surface area contributed by atoms with E-state index in [0.29, 0.717) is 10.7 Å². The highest BCUT2D eigenvalue weighted by atomic mass is 35.5. The summed E-state index contributed by atoms with van der Waals surface area (Å²) in [7, 11) is -3.70. The lowest BCUT2D eigenvalue weighted by Gasteiger charge is -2.30. The number of sulfonamides is 1. The Morgan fingerprint density at radius 1 is 1.07 bits per heavy atom. The summed E-state index contributed by atoms with van der Waals surface area (Å²) < 4.78 is 28.2. The largest absolute Gasteiger partial charge is 0.326 e. The fourth-order valence-electron chi connectivity index (χ4n) is 3.04. The lowest BCUT2D eigenvalue weighted by molar-refractivity contribution is -0.114. The van der Waals surface area contributed by atoms with Gasteiger partial charge in [-0.3, -0.25) is 9.69 Å². The van der Waals surface area contributed by atoms with Gasteiger partial charge in [0, 0.05) is 30.2 Å². The zero-order valence-corrected chi connectivity index (χ0v) is 17.8. The van der Waals surface area contributed by atoms with Crippen molar-refractivity contribution in [3.8, 4) is 0 Å². The van der Waals surface area contributed by atoms with Crippen LogP contribution in [0.2, 0.25) is 5.02 Å². The van der Waals surface area contributed by atoms with Crippen molar-refractivity contribution in [2.24, 2.45) is 0 Å². The molecule has 0 aliphatic rings. The molecule has 0 radical (unpaired) electrons. The molecule has 0 saturated heterocycles. The summed E-state index contributed by atoms with van der Waals surface area (Å²) in [6.07, 6.45) is 0. The minimum atomic E-state index is -3.70. The maximum Gasteiger partial charge on any atom is 0.240 e. The van der Waals surface area contributed by atoms with Gasteiger partial charge in [0.25, 0.3) is 0 Å². The van der Waals surface area contributed by atoms with Crippen molar-refractivity contribution < 1.29 is 13.2 Å². The van der Waals surface area contributed by atoms with Crippen molar-refractivity contribution in [3.05, 3.63) is 59.1 Å². The average molecular weight is 424 g/mol. The van der Waals surface area contributed by atoms with E-state index in [1.807, 2.05) is 38.1 Å². The molecule has 0 aromatic heterocycles. The van der Waals surface area contributed by atoms with Gasteiger partial charge in [0.2, 0.25) is 15.9 Å². The number of anilines is 1. The Labute approximate surface area is 171 Å². The molecule has 1 amide bonds. The molecule has 0 spiro atoms. The number of benzene rings is 2. The second-order valence-corrected chi connectivity index (χ2v) is 8.49. The Morgan fingerprint density at radius 2 is 1.68 bits per heavy atom. The van der Waals surface area contributed by atoms with Gasteiger partial charge in [-0.15, -0.1) is 0 Å². The second kappa shape index (κ2) is 10.0. The summed E-state index contributed by atoms with van der Waals surface area (Å²) in [6.45, 7) is 7.18. The van der Waals surface area contributed by atoms with Crippen LogP contribution in [-0.4, -0.2) is 38.9 Å². The number of likely N-dealkylation sites (N-methyl/N-ethyl adjacent to an activating group) is 1. The van der Waals surface area contributed by atoms with Gasteiger partial charge in [-0.25, -0.2) is 13.1 Å². The average Bonchev–Trinajstić information content (AvgIpc) is 2.66.